The predicted octanol–water partition coefficient (Wildman–Crippen LogP) is 4.81. The molecule has 0 saturated heterocycles. The third-order valence-electron chi connectivity index (χ3n) is 6.84. The fourth-order valence-electron chi connectivity index (χ4n) is 6.10. The van der Waals surface area contributed by atoms with E-state index in [1.165, 1.54) is 38.5 Å². The molecule has 4 fully saturated rings. The van der Waals surface area contributed by atoms with Crippen LogP contribution in [0, 0.1) is 23.2 Å². The summed E-state index contributed by atoms with van der Waals surface area (Å²) in [6.45, 7) is 6.25. The normalized spacial score (nSPS) is 34.2. The first-order valence-electron chi connectivity index (χ1n) is 10.0. The van der Waals surface area contributed by atoms with Gasteiger partial charge in [0.25, 0.3) is 5.91 Å². The zero-order valence-electron chi connectivity index (χ0n) is 15.8. The number of benzene rings is 1. The molecule has 25 heavy (non-hydrogen) atoms. The van der Waals surface area contributed by atoms with E-state index >= 15 is 0 Å². The topological polar surface area (TPSA) is 38.3 Å². The lowest BCUT2D eigenvalue weighted by atomic mass is 9.48. The van der Waals surface area contributed by atoms with Gasteiger partial charge in [0.05, 0.1) is 6.10 Å². The number of amides is 1. The molecule has 4 saturated carbocycles. The van der Waals surface area contributed by atoms with Gasteiger partial charge in [-0.15, -0.1) is 0 Å². The van der Waals surface area contributed by atoms with Gasteiger partial charge in [-0.1, -0.05) is 0 Å². The van der Waals surface area contributed by atoms with E-state index in [1.54, 1.807) is 0 Å². The molecule has 0 aliphatic heterocycles. The summed E-state index contributed by atoms with van der Waals surface area (Å²) in [5, 5.41) is 3.33. The number of rotatable bonds is 5. The maximum atomic E-state index is 12.7. The number of ether oxygens (including phenoxy) is 1. The lowest BCUT2D eigenvalue weighted by molar-refractivity contribution is -0.0688. The molecule has 1 amide bonds. The average Bonchev–Trinajstić information content (AvgIpc) is 2.53. The first-order valence-corrected chi connectivity index (χ1v) is 10.0. The van der Waals surface area contributed by atoms with Crippen molar-refractivity contribution in [1.29, 1.82) is 0 Å². The van der Waals surface area contributed by atoms with Gasteiger partial charge in [0, 0.05) is 11.6 Å². The van der Waals surface area contributed by atoms with Gasteiger partial charge in [-0.3, -0.25) is 4.79 Å². The van der Waals surface area contributed by atoms with E-state index in [1.807, 2.05) is 38.1 Å². The van der Waals surface area contributed by atoms with Gasteiger partial charge in [0.15, 0.2) is 0 Å². The van der Waals surface area contributed by atoms with E-state index in [9.17, 15) is 4.79 Å². The molecule has 0 heterocycles. The summed E-state index contributed by atoms with van der Waals surface area (Å²) in [6, 6.07) is 7.80. The smallest absolute Gasteiger partial charge is 0.251 e. The Kier molecular flexibility index (Phi) is 4.29. The van der Waals surface area contributed by atoms with Crippen molar-refractivity contribution in [2.75, 3.05) is 0 Å². The van der Waals surface area contributed by atoms with Gasteiger partial charge >= 0.3 is 0 Å². The summed E-state index contributed by atoms with van der Waals surface area (Å²) < 4.78 is 5.66. The van der Waals surface area contributed by atoms with Crippen LogP contribution in [-0.2, 0) is 0 Å². The summed E-state index contributed by atoms with van der Waals surface area (Å²) in [6.07, 6.45) is 8.44. The Hall–Kier alpha value is -1.51. The van der Waals surface area contributed by atoms with E-state index in [0.717, 1.165) is 29.1 Å². The van der Waals surface area contributed by atoms with Crippen molar-refractivity contribution in [1.82, 2.24) is 5.32 Å². The van der Waals surface area contributed by atoms with Crippen LogP contribution in [0.4, 0.5) is 0 Å². The van der Waals surface area contributed by atoms with Crippen molar-refractivity contribution < 1.29 is 9.53 Å². The second kappa shape index (κ2) is 6.34. The second-order valence-electron chi connectivity index (χ2n) is 9.17. The lowest BCUT2D eigenvalue weighted by Gasteiger charge is -2.59. The quantitative estimate of drug-likeness (QED) is 0.835. The Morgan fingerprint density at radius 2 is 1.52 bits per heavy atom. The largest absolute Gasteiger partial charge is 0.491 e. The van der Waals surface area contributed by atoms with E-state index < -0.39 is 0 Å². The van der Waals surface area contributed by atoms with Gasteiger partial charge in [-0.25, -0.2) is 0 Å². The summed E-state index contributed by atoms with van der Waals surface area (Å²) in [5.41, 5.74) is 1.08. The molecule has 1 atom stereocenters. The summed E-state index contributed by atoms with van der Waals surface area (Å²) >= 11 is 0. The molecule has 4 aliphatic carbocycles. The number of hydrogen-bond acceptors (Lipinski definition) is 2. The van der Waals surface area contributed by atoms with Crippen LogP contribution >= 0.6 is 0 Å². The molecule has 4 aliphatic rings. The second-order valence-corrected chi connectivity index (χ2v) is 9.17. The van der Waals surface area contributed by atoms with Gasteiger partial charge in [-0.05, 0) is 107 Å². The molecule has 0 radical (unpaired) electrons. The van der Waals surface area contributed by atoms with Crippen LogP contribution in [0.5, 0.6) is 5.75 Å². The first-order chi connectivity index (χ1) is 11.9. The highest BCUT2D eigenvalue weighted by molar-refractivity contribution is 5.94. The number of carbonyl (C=O) groups excluding carboxylic acids is 1. The molecule has 0 unspecified atom stereocenters. The van der Waals surface area contributed by atoms with Gasteiger partial charge in [0.1, 0.15) is 5.75 Å². The Balaban J connectivity index is 1.42. The zero-order valence-corrected chi connectivity index (χ0v) is 15.8. The van der Waals surface area contributed by atoms with E-state index in [0.29, 0.717) is 5.41 Å². The molecule has 5 rings (SSSR count). The summed E-state index contributed by atoms with van der Waals surface area (Å²) in [7, 11) is 0. The van der Waals surface area contributed by atoms with Gasteiger partial charge in [-0.2, -0.15) is 0 Å². The Labute approximate surface area is 151 Å². The molecular weight excluding hydrogens is 310 g/mol. The van der Waals surface area contributed by atoms with Crippen molar-refractivity contribution >= 4 is 5.91 Å². The van der Waals surface area contributed by atoms with Crippen molar-refractivity contribution in [3.05, 3.63) is 29.8 Å². The third kappa shape index (κ3) is 3.30. The van der Waals surface area contributed by atoms with Crippen LogP contribution in [0.25, 0.3) is 0 Å². The molecule has 136 valence electrons. The minimum Gasteiger partial charge on any atom is -0.491 e. The molecule has 4 bridgehead atoms. The Morgan fingerprint density at radius 1 is 1.00 bits per heavy atom. The molecule has 1 aromatic carbocycles. The predicted molar refractivity (Wildman–Crippen MR) is 99.7 cm³/mol. The van der Waals surface area contributed by atoms with Crippen molar-refractivity contribution in [3.8, 4) is 5.75 Å². The molecular formula is C22H31NO2. The van der Waals surface area contributed by atoms with Crippen LogP contribution < -0.4 is 10.1 Å². The molecule has 0 spiro atoms. The Bertz CT molecular complexity index is 599. The standard InChI is InChI=1S/C22H31NO2/c1-14(2)25-20-6-4-19(5-7-20)21(24)23-15(3)22-11-16-8-17(12-22)10-18(9-16)13-22/h4-7,14-18H,8-13H2,1-3H3,(H,23,24)/t15-,16?,17?,18?,22?/m1/s1. The van der Waals surface area contributed by atoms with Crippen LogP contribution in [0.2, 0.25) is 0 Å². The van der Waals surface area contributed by atoms with Crippen LogP contribution in [0.1, 0.15) is 69.7 Å². The van der Waals surface area contributed by atoms with E-state index in [2.05, 4.69) is 12.2 Å². The van der Waals surface area contributed by atoms with Crippen LogP contribution in [0.15, 0.2) is 24.3 Å². The summed E-state index contributed by atoms with van der Waals surface area (Å²) in [5.74, 6) is 3.62. The highest BCUT2D eigenvalue weighted by Gasteiger charge is 2.53. The number of nitrogens with one attached hydrogen (secondary N) is 1. The minimum absolute atomic E-state index is 0.0549. The minimum atomic E-state index is 0.0549. The van der Waals surface area contributed by atoms with E-state index in [-0.39, 0.29) is 18.1 Å². The van der Waals surface area contributed by atoms with E-state index in [4.69, 9.17) is 4.74 Å². The number of carbonyl (C=O) groups is 1. The van der Waals surface area contributed by atoms with Crippen molar-refractivity contribution in [2.45, 2.75) is 71.4 Å². The average molecular weight is 341 g/mol. The zero-order chi connectivity index (χ0) is 17.6. The molecule has 3 heteroatoms. The fourth-order valence-corrected chi connectivity index (χ4v) is 6.10. The maximum absolute atomic E-state index is 12.7. The molecule has 0 aromatic heterocycles. The maximum Gasteiger partial charge on any atom is 0.251 e. The SMILES string of the molecule is CC(C)Oc1ccc(C(=O)N[C@H](C)C23CC4CC(CC(C4)C2)C3)cc1. The van der Waals surface area contributed by atoms with Crippen LogP contribution in [-0.4, -0.2) is 18.1 Å². The van der Waals surface area contributed by atoms with Crippen molar-refractivity contribution in [3.63, 3.8) is 0 Å². The fraction of sp³-hybridized carbons (Fsp3) is 0.682. The molecule has 1 aromatic rings. The Morgan fingerprint density at radius 3 is 2.00 bits per heavy atom. The van der Waals surface area contributed by atoms with Gasteiger partial charge < -0.3 is 10.1 Å². The van der Waals surface area contributed by atoms with Gasteiger partial charge in [0.2, 0.25) is 0 Å². The lowest BCUT2D eigenvalue weighted by Crippen LogP contribution is -2.55. The third-order valence-corrected chi connectivity index (χ3v) is 6.84. The number of hydrogen-bond donors (Lipinski definition) is 1. The van der Waals surface area contributed by atoms with Crippen molar-refractivity contribution in [2.24, 2.45) is 23.2 Å². The molecule has 3 nitrogen and oxygen atoms in total. The summed E-state index contributed by atoms with van der Waals surface area (Å²) in [4.78, 5) is 12.7. The first kappa shape index (κ1) is 16.9. The van der Waals surface area contributed by atoms with Crippen LogP contribution in [0.3, 0.4) is 0 Å². The highest BCUT2D eigenvalue weighted by Crippen LogP contribution is 2.61. The monoisotopic (exact) mass is 341 g/mol. The highest BCUT2D eigenvalue weighted by atomic mass is 16.5. The molecule has 1 N–H and O–H groups in total.